The Labute approximate surface area is 187 Å². The molecule has 0 fully saturated rings. The molecule has 0 atom stereocenters. The van der Waals surface area contributed by atoms with Crippen molar-refractivity contribution in [1.29, 1.82) is 0 Å². The molecule has 0 aliphatic heterocycles. The topological polar surface area (TPSA) is 19.9 Å². The molecule has 0 amide bonds. The van der Waals surface area contributed by atoms with Crippen LogP contribution >= 0.6 is 0 Å². The first-order valence-corrected chi connectivity index (χ1v) is 16.0. The highest BCUT2D eigenvalue weighted by Crippen LogP contribution is 2.28. The molecule has 1 radical (unpaired) electrons. The van der Waals surface area contributed by atoms with Crippen LogP contribution in [0.4, 0.5) is 0 Å². The Balaban J connectivity index is 4.13. The monoisotopic (exact) mass is 425 g/mol. The van der Waals surface area contributed by atoms with Crippen LogP contribution in [0.25, 0.3) is 0 Å². The van der Waals surface area contributed by atoms with Gasteiger partial charge in [-0.1, -0.05) is 138 Å². The molecule has 0 rings (SSSR count). The summed E-state index contributed by atoms with van der Waals surface area (Å²) in [6.45, 7) is 13.9. The van der Waals surface area contributed by atoms with Crippen molar-refractivity contribution in [3.63, 3.8) is 0 Å². The van der Waals surface area contributed by atoms with E-state index in [1.165, 1.54) is 96.3 Å². The minimum absolute atomic E-state index is 0.828. The summed E-state index contributed by atoms with van der Waals surface area (Å²) in [6, 6.07) is 3.19. The highest BCUT2D eigenvalue weighted by atomic mass is 28.4. The average Bonchev–Trinajstić information content (AvgIpc) is 2.63. The lowest BCUT2D eigenvalue weighted by atomic mass is 10.0. The SMILES string of the molecule is CC(C)CCCCCC[Si]([O])(CCCCCCC(C)C)CCCCCCC(C)C. The van der Waals surface area contributed by atoms with E-state index >= 15 is 0 Å². The normalized spacial score (nSPS) is 12.6. The standard InChI is InChI=1S/C27H57OSi/c1-25(2)19-13-7-10-16-22-29(28,23-17-11-8-14-20-26(3)4)24-18-12-9-15-21-27(5)6/h25-27H,7-24H2,1-6H3. The largest absolute Gasteiger partial charge is 0.297 e. The lowest BCUT2D eigenvalue weighted by Gasteiger charge is -2.23. The van der Waals surface area contributed by atoms with Crippen molar-refractivity contribution in [3.8, 4) is 0 Å². The van der Waals surface area contributed by atoms with Gasteiger partial charge in [0.2, 0.25) is 8.32 Å². The van der Waals surface area contributed by atoms with E-state index in [2.05, 4.69) is 41.5 Å². The van der Waals surface area contributed by atoms with Gasteiger partial charge in [-0.2, -0.15) is 0 Å². The summed E-state index contributed by atoms with van der Waals surface area (Å²) >= 11 is 0. The molecule has 0 aromatic rings. The van der Waals surface area contributed by atoms with Crippen LogP contribution < -0.4 is 0 Å². The van der Waals surface area contributed by atoms with Gasteiger partial charge in [-0.25, -0.2) is 0 Å². The second-order valence-electron chi connectivity index (χ2n) is 11.2. The summed E-state index contributed by atoms with van der Waals surface area (Å²) in [5.41, 5.74) is 0. The zero-order chi connectivity index (χ0) is 22.0. The van der Waals surface area contributed by atoms with E-state index in [-0.39, 0.29) is 0 Å². The second-order valence-corrected chi connectivity index (χ2v) is 15.1. The Kier molecular flexibility index (Phi) is 19.0. The van der Waals surface area contributed by atoms with Crippen LogP contribution in [-0.4, -0.2) is 8.32 Å². The molecule has 0 N–H and O–H groups in total. The average molecular weight is 426 g/mol. The minimum atomic E-state index is -2.25. The predicted octanol–water partition coefficient (Wildman–Crippen LogP) is 10.2. The van der Waals surface area contributed by atoms with Crippen molar-refractivity contribution in [3.05, 3.63) is 0 Å². The first kappa shape index (κ1) is 29.2. The zero-order valence-corrected chi connectivity index (χ0v) is 22.4. The molecule has 0 heterocycles. The van der Waals surface area contributed by atoms with Gasteiger partial charge in [0.05, 0.1) is 0 Å². The van der Waals surface area contributed by atoms with Gasteiger partial charge in [0.15, 0.2) is 0 Å². The van der Waals surface area contributed by atoms with Gasteiger partial charge >= 0.3 is 0 Å². The van der Waals surface area contributed by atoms with Gasteiger partial charge in [0.1, 0.15) is 0 Å². The van der Waals surface area contributed by atoms with Gasteiger partial charge in [-0.3, -0.25) is 4.80 Å². The van der Waals surface area contributed by atoms with Crippen molar-refractivity contribution >= 4 is 8.32 Å². The van der Waals surface area contributed by atoms with E-state index in [1.807, 2.05) is 0 Å². The highest BCUT2D eigenvalue weighted by molar-refractivity contribution is 6.72. The first-order valence-electron chi connectivity index (χ1n) is 13.5. The maximum Gasteiger partial charge on any atom is 0.237 e. The summed E-state index contributed by atoms with van der Waals surface area (Å²) in [4.78, 5) is 13.7. The van der Waals surface area contributed by atoms with Gasteiger partial charge in [-0.05, 0) is 35.9 Å². The van der Waals surface area contributed by atoms with Crippen molar-refractivity contribution in [2.24, 2.45) is 17.8 Å². The summed E-state index contributed by atoms with van der Waals surface area (Å²) in [6.07, 6.45) is 19.7. The molecule has 0 aromatic heterocycles. The molecule has 2 heteroatoms. The van der Waals surface area contributed by atoms with Crippen LogP contribution in [0.3, 0.4) is 0 Å². The Bertz CT molecular complexity index is 287. The summed E-state index contributed by atoms with van der Waals surface area (Å²) < 4.78 is 0. The lowest BCUT2D eigenvalue weighted by molar-refractivity contribution is 0.397. The third-order valence-electron chi connectivity index (χ3n) is 6.49. The van der Waals surface area contributed by atoms with Crippen LogP contribution in [-0.2, 0) is 4.80 Å². The number of unbranched alkanes of at least 4 members (excludes halogenated alkanes) is 9. The smallest absolute Gasteiger partial charge is 0.237 e. The van der Waals surface area contributed by atoms with Gasteiger partial charge in [0.25, 0.3) is 0 Å². The fraction of sp³-hybridized carbons (Fsp3) is 1.00. The van der Waals surface area contributed by atoms with Crippen molar-refractivity contribution in [2.75, 3.05) is 0 Å². The third kappa shape index (κ3) is 21.2. The molecule has 0 aliphatic rings. The van der Waals surface area contributed by atoms with Crippen molar-refractivity contribution in [1.82, 2.24) is 0 Å². The second kappa shape index (κ2) is 18.9. The summed E-state index contributed by atoms with van der Waals surface area (Å²) in [5, 5.41) is 0. The van der Waals surface area contributed by atoms with Crippen LogP contribution in [0.2, 0.25) is 18.1 Å². The Morgan fingerprint density at radius 3 is 0.897 bits per heavy atom. The van der Waals surface area contributed by atoms with E-state index in [0.717, 1.165) is 35.9 Å². The van der Waals surface area contributed by atoms with Crippen LogP contribution in [0.15, 0.2) is 0 Å². The molecule has 175 valence electrons. The fourth-order valence-electron chi connectivity index (χ4n) is 4.43. The van der Waals surface area contributed by atoms with E-state index in [1.54, 1.807) is 0 Å². The molecule has 0 spiro atoms. The Morgan fingerprint density at radius 2 is 0.655 bits per heavy atom. The fourth-order valence-corrected chi connectivity index (χ4v) is 7.87. The molecule has 0 aromatic carbocycles. The van der Waals surface area contributed by atoms with Crippen molar-refractivity contribution in [2.45, 2.75) is 156 Å². The molecule has 0 aliphatic carbocycles. The quantitative estimate of drug-likeness (QED) is 0.129. The highest BCUT2D eigenvalue weighted by Gasteiger charge is 2.31. The summed E-state index contributed by atoms with van der Waals surface area (Å²) in [7, 11) is -2.25. The molecule has 29 heavy (non-hydrogen) atoms. The van der Waals surface area contributed by atoms with Crippen molar-refractivity contribution < 1.29 is 4.80 Å². The predicted molar refractivity (Wildman–Crippen MR) is 135 cm³/mol. The third-order valence-corrected chi connectivity index (χ3v) is 10.3. The number of hydrogen-bond donors (Lipinski definition) is 0. The van der Waals surface area contributed by atoms with E-state index in [0.29, 0.717) is 0 Å². The molecule has 0 unspecified atom stereocenters. The van der Waals surface area contributed by atoms with Gasteiger partial charge < -0.3 is 0 Å². The van der Waals surface area contributed by atoms with Crippen LogP contribution in [0.1, 0.15) is 138 Å². The molecule has 0 saturated carbocycles. The maximum absolute atomic E-state index is 13.7. The molecular formula is C27H57OSi. The number of rotatable bonds is 21. The van der Waals surface area contributed by atoms with Crippen LogP contribution in [0.5, 0.6) is 0 Å². The van der Waals surface area contributed by atoms with Gasteiger partial charge in [-0.15, -0.1) is 0 Å². The minimum Gasteiger partial charge on any atom is -0.297 e. The molecule has 0 bridgehead atoms. The number of hydrogen-bond acceptors (Lipinski definition) is 0. The molecule has 0 saturated heterocycles. The molecular weight excluding hydrogens is 368 g/mol. The summed E-state index contributed by atoms with van der Waals surface area (Å²) in [5.74, 6) is 2.48. The Hall–Kier alpha value is 0.177. The van der Waals surface area contributed by atoms with Gasteiger partial charge in [0, 0.05) is 0 Å². The molecule has 1 nitrogen and oxygen atoms in total. The first-order chi connectivity index (χ1) is 13.7. The van der Waals surface area contributed by atoms with E-state index in [9.17, 15) is 4.80 Å². The lowest BCUT2D eigenvalue weighted by Crippen LogP contribution is -2.32. The maximum atomic E-state index is 13.7. The van der Waals surface area contributed by atoms with Crippen LogP contribution in [0, 0.1) is 17.8 Å². The zero-order valence-electron chi connectivity index (χ0n) is 21.4. The van der Waals surface area contributed by atoms with E-state index < -0.39 is 8.32 Å². The Morgan fingerprint density at radius 1 is 0.414 bits per heavy atom. The van der Waals surface area contributed by atoms with E-state index in [4.69, 9.17) is 0 Å².